The maximum Gasteiger partial charge on any atom is 0.244 e. The van der Waals surface area contributed by atoms with E-state index in [0.717, 1.165) is 22.4 Å². The molecule has 0 aliphatic heterocycles. The van der Waals surface area contributed by atoms with Crippen molar-refractivity contribution >= 4 is 23.7 Å². The van der Waals surface area contributed by atoms with Crippen molar-refractivity contribution in [2.45, 2.75) is 20.0 Å². The Morgan fingerprint density at radius 1 is 0.969 bits per heavy atom. The van der Waals surface area contributed by atoms with Gasteiger partial charge >= 0.3 is 0 Å². The third kappa shape index (κ3) is 7.03. The van der Waals surface area contributed by atoms with E-state index in [4.69, 9.17) is 25.8 Å². The monoisotopic (exact) mass is 452 g/mol. The van der Waals surface area contributed by atoms with E-state index in [0.29, 0.717) is 29.7 Å². The van der Waals surface area contributed by atoms with Gasteiger partial charge in [-0.2, -0.15) is 5.10 Å². The minimum absolute atomic E-state index is 0.208. The lowest BCUT2D eigenvalue weighted by molar-refractivity contribution is -0.120. The first kappa shape index (κ1) is 23.2. The van der Waals surface area contributed by atoms with E-state index < -0.39 is 0 Å². The summed E-state index contributed by atoms with van der Waals surface area (Å²) >= 11 is 5.91. The highest BCUT2D eigenvalue weighted by atomic mass is 35.5. The minimum atomic E-state index is -0.208. The van der Waals surface area contributed by atoms with Gasteiger partial charge in [0.05, 0.1) is 26.4 Å². The normalized spacial score (nSPS) is 10.7. The highest BCUT2D eigenvalue weighted by Gasteiger charge is 2.07. The average molecular weight is 453 g/mol. The predicted molar refractivity (Wildman–Crippen MR) is 126 cm³/mol. The SMILES string of the molecule is CCOc1ccc(CC(=O)N/N=C/c2ccc(OCc3ccc(Cl)cc3)c(OC)c2)cc1. The van der Waals surface area contributed by atoms with Crippen LogP contribution in [0.1, 0.15) is 23.6 Å². The molecule has 0 aliphatic rings. The van der Waals surface area contributed by atoms with Gasteiger partial charge in [0.2, 0.25) is 5.91 Å². The Morgan fingerprint density at radius 2 is 1.69 bits per heavy atom. The topological polar surface area (TPSA) is 69.2 Å². The number of hydrogen-bond donors (Lipinski definition) is 1. The smallest absolute Gasteiger partial charge is 0.244 e. The molecule has 0 bridgehead atoms. The van der Waals surface area contributed by atoms with Gasteiger partial charge in [0, 0.05) is 5.02 Å². The minimum Gasteiger partial charge on any atom is -0.494 e. The van der Waals surface area contributed by atoms with Crippen LogP contribution in [0.2, 0.25) is 5.02 Å². The molecule has 32 heavy (non-hydrogen) atoms. The average Bonchev–Trinajstić information content (AvgIpc) is 2.80. The molecule has 0 spiro atoms. The van der Waals surface area contributed by atoms with E-state index in [1.807, 2.05) is 61.5 Å². The number of halogens is 1. The van der Waals surface area contributed by atoms with Crippen LogP contribution in [-0.4, -0.2) is 25.8 Å². The Labute approximate surface area is 192 Å². The molecule has 0 heterocycles. The Kier molecular flexibility index (Phi) is 8.52. The second kappa shape index (κ2) is 11.8. The molecule has 6 nitrogen and oxygen atoms in total. The number of hydrogen-bond acceptors (Lipinski definition) is 5. The van der Waals surface area contributed by atoms with E-state index in [-0.39, 0.29) is 12.3 Å². The molecule has 3 aromatic rings. The van der Waals surface area contributed by atoms with Crippen molar-refractivity contribution in [2.75, 3.05) is 13.7 Å². The summed E-state index contributed by atoms with van der Waals surface area (Å²) in [6.45, 7) is 2.92. The molecule has 0 aliphatic carbocycles. The van der Waals surface area contributed by atoms with Crippen molar-refractivity contribution in [3.63, 3.8) is 0 Å². The lowest BCUT2D eigenvalue weighted by atomic mass is 10.1. The lowest BCUT2D eigenvalue weighted by Gasteiger charge is -2.11. The van der Waals surface area contributed by atoms with Crippen LogP contribution in [0.25, 0.3) is 0 Å². The number of nitrogens with zero attached hydrogens (tertiary/aromatic N) is 1. The van der Waals surface area contributed by atoms with E-state index in [1.165, 1.54) is 0 Å². The largest absolute Gasteiger partial charge is 0.494 e. The van der Waals surface area contributed by atoms with Crippen LogP contribution in [0.15, 0.2) is 71.8 Å². The third-order valence-corrected chi connectivity index (χ3v) is 4.75. The van der Waals surface area contributed by atoms with Gasteiger partial charge in [-0.05, 0) is 66.1 Å². The molecule has 7 heteroatoms. The van der Waals surface area contributed by atoms with Gasteiger partial charge in [-0.3, -0.25) is 4.79 Å². The number of ether oxygens (including phenoxy) is 3. The molecule has 0 aromatic heterocycles. The van der Waals surface area contributed by atoms with Gasteiger partial charge in [-0.15, -0.1) is 0 Å². The van der Waals surface area contributed by atoms with Crippen LogP contribution in [0.4, 0.5) is 0 Å². The molecule has 1 amide bonds. The molecule has 0 radical (unpaired) electrons. The number of carbonyl (C=O) groups excluding carboxylic acids is 1. The molecule has 0 fully saturated rings. The van der Waals surface area contributed by atoms with Crippen molar-refractivity contribution in [3.8, 4) is 17.2 Å². The van der Waals surface area contributed by atoms with Gasteiger partial charge in [0.25, 0.3) is 0 Å². The summed E-state index contributed by atoms with van der Waals surface area (Å²) in [4.78, 5) is 12.1. The van der Waals surface area contributed by atoms with E-state index in [2.05, 4.69) is 10.5 Å². The Balaban J connectivity index is 1.53. The number of rotatable bonds is 10. The Bertz CT molecular complexity index is 1050. The van der Waals surface area contributed by atoms with Crippen molar-refractivity contribution in [3.05, 3.63) is 88.4 Å². The molecule has 0 saturated carbocycles. The zero-order valence-electron chi connectivity index (χ0n) is 18.0. The van der Waals surface area contributed by atoms with Crippen LogP contribution >= 0.6 is 11.6 Å². The standard InChI is InChI=1S/C25H25ClN2O4/c1-3-31-22-11-6-18(7-12-22)15-25(29)28-27-16-20-8-13-23(24(14-20)30-2)32-17-19-4-9-21(26)10-5-19/h4-14,16H,3,15,17H2,1-2H3,(H,28,29)/b27-16+. The van der Waals surface area contributed by atoms with Crippen LogP contribution in [-0.2, 0) is 17.8 Å². The number of nitrogens with one attached hydrogen (secondary N) is 1. The third-order valence-electron chi connectivity index (χ3n) is 4.50. The van der Waals surface area contributed by atoms with Crippen molar-refractivity contribution < 1.29 is 19.0 Å². The molecular weight excluding hydrogens is 428 g/mol. The van der Waals surface area contributed by atoms with Crippen molar-refractivity contribution in [2.24, 2.45) is 5.10 Å². The van der Waals surface area contributed by atoms with Gasteiger partial charge in [-0.25, -0.2) is 5.43 Å². The fourth-order valence-corrected chi connectivity index (χ4v) is 3.03. The number of methoxy groups -OCH3 is 1. The van der Waals surface area contributed by atoms with E-state index in [1.54, 1.807) is 25.5 Å². The fourth-order valence-electron chi connectivity index (χ4n) is 2.90. The maximum absolute atomic E-state index is 12.1. The second-order valence-electron chi connectivity index (χ2n) is 6.87. The zero-order valence-corrected chi connectivity index (χ0v) is 18.8. The molecular formula is C25H25ClN2O4. The second-order valence-corrected chi connectivity index (χ2v) is 7.31. The van der Waals surface area contributed by atoms with Crippen molar-refractivity contribution in [1.29, 1.82) is 0 Å². The molecule has 1 N–H and O–H groups in total. The van der Waals surface area contributed by atoms with Crippen LogP contribution in [0.5, 0.6) is 17.2 Å². The Morgan fingerprint density at radius 3 is 2.38 bits per heavy atom. The summed E-state index contributed by atoms with van der Waals surface area (Å²) in [7, 11) is 1.57. The molecule has 166 valence electrons. The molecule has 0 atom stereocenters. The first-order valence-electron chi connectivity index (χ1n) is 10.2. The summed E-state index contributed by atoms with van der Waals surface area (Å²) in [6.07, 6.45) is 1.78. The summed E-state index contributed by atoms with van der Waals surface area (Å²) in [5.41, 5.74) is 5.18. The molecule has 0 unspecified atom stereocenters. The van der Waals surface area contributed by atoms with Gasteiger partial charge < -0.3 is 14.2 Å². The summed E-state index contributed by atoms with van der Waals surface area (Å²) in [5.74, 6) is 1.76. The predicted octanol–water partition coefficient (Wildman–Crippen LogP) is 5.02. The maximum atomic E-state index is 12.1. The number of hydrazone groups is 1. The van der Waals surface area contributed by atoms with E-state index in [9.17, 15) is 4.79 Å². The first-order valence-corrected chi connectivity index (χ1v) is 10.5. The van der Waals surface area contributed by atoms with Gasteiger partial charge in [0.1, 0.15) is 12.4 Å². The lowest BCUT2D eigenvalue weighted by Crippen LogP contribution is -2.19. The van der Waals surface area contributed by atoms with E-state index >= 15 is 0 Å². The summed E-state index contributed by atoms with van der Waals surface area (Å²) < 4.78 is 16.7. The number of carbonyl (C=O) groups is 1. The van der Waals surface area contributed by atoms with Gasteiger partial charge in [0.15, 0.2) is 11.5 Å². The highest BCUT2D eigenvalue weighted by molar-refractivity contribution is 6.30. The molecule has 0 saturated heterocycles. The summed E-state index contributed by atoms with van der Waals surface area (Å²) in [5, 5.41) is 4.72. The summed E-state index contributed by atoms with van der Waals surface area (Å²) in [6, 6.07) is 20.3. The number of amides is 1. The zero-order chi connectivity index (χ0) is 22.8. The van der Waals surface area contributed by atoms with Gasteiger partial charge in [-0.1, -0.05) is 35.9 Å². The fraction of sp³-hybridized carbons (Fsp3) is 0.200. The van der Waals surface area contributed by atoms with Crippen LogP contribution < -0.4 is 19.6 Å². The van der Waals surface area contributed by atoms with Crippen LogP contribution in [0.3, 0.4) is 0 Å². The van der Waals surface area contributed by atoms with Crippen molar-refractivity contribution in [1.82, 2.24) is 5.43 Å². The molecule has 3 aromatic carbocycles. The quantitative estimate of drug-likeness (QED) is 0.346. The Hall–Kier alpha value is -3.51. The first-order chi connectivity index (χ1) is 15.6. The molecule has 3 rings (SSSR count). The van der Waals surface area contributed by atoms with Crippen LogP contribution in [0, 0.1) is 0 Å². The highest BCUT2D eigenvalue weighted by Crippen LogP contribution is 2.28. The number of benzene rings is 3.